The van der Waals surface area contributed by atoms with Crippen LogP contribution in [0.4, 0.5) is 15.8 Å². The molecule has 0 aromatic heterocycles. The summed E-state index contributed by atoms with van der Waals surface area (Å²) in [5.74, 6) is -1.75. The number of rotatable bonds is 6. The van der Waals surface area contributed by atoms with E-state index in [1.807, 2.05) is 0 Å². The molecule has 6 nitrogen and oxygen atoms in total. The molecule has 0 saturated carbocycles. The molecule has 0 saturated heterocycles. The number of hydrogen-bond donors (Lipinski definition) is 1. The van der Waals surface area contributed by atoms with Gasteiger partial charge in [-0.25, -0.2) is 9.18 Å². The minimum atomic E-state index is -0.581. The van der Waals surface area contributed by atoms with Crippen molar-refractivity contribution in [1.82, 2.24) is 0 Å². The van der Waals surface area contributed by atoms with Crippen molar-refractivity contribution in [2.45, 2.75) is 13.3 Å². The fraction of sp³-hybridized carbons (Fsp3) is 0.211. The highest BCUT2D eigenvalue weighted by molar-refractivity contribution is 6.31. The summed E-state index contributed by atoms with van der Waals surface area (Å²) in [6.07, 6.45) is -0.00295. The summed E-state index contributed by atoms with van der Waals surface area (Å²) in [5.41, 5.74) is 1.13. The van der Waals surface area contributed by atoms with Gasteiger partial charge in [0.25, 0.3) is 0 Å². The second-order valence-corrected chi connectivity index (χ2v) is 6.05. The van der Waals surface area contributed by atoms with E-state index in [0.29, 0.717) is 16.9 Å². The third kappa shape index (κ3) is 5.52. The topological polar surface area (TPSA) is 75.7 Å². The highest BCUT2D eigenvalue weighted by Crippen LogP contribution is 2.20. The lowest BCUT2D eigenvalue weighted by molar-refractivity contribution is -0.117. The van der Waals surface area contributed by atoms with Gasteiger partial charge in [0.1, 0.15) is 5.82 Å². The number of methoxy groups -OCH3 is 1. The zero-order valence-electron chi connectivity index (χ0n) is 14.8. The molecule has 2 rings (SSSR count). The van der Waals surface area contributed by atoms with Crippen LogP contribution in [0.5, 0.6) is 0 Å². The Bertz CT molecular complexity index is 873. The van der Waals surface area contributed by atoms with E-state index in [1.165, 1.54) is 37.1 Å². The number of esters is 1. The first-order valence-electron chi connectivity index (χ1n) is 8.03. The summed E-state index contributed by atoms with van der Waals surface area (Å²) in [6, 6.07) is 10.2. The lowest BCUT2D eigenvalue weighted by atomic mass is 10.1. The normalized spacial score (nSPS) is 10.2. The van der Waals surface area contributed by atoms with Crippen LogP contribution in [-0.4, -0.2) is 31.4 Å². The number of amides is 2. The minimum absolute atomic E-state index is 0.00295. The largest absolute Gasteiger partial charge is 0.465 e. The SMILES string of the molecule is COC(=O)c1cccc(N(CCC(=O)Nc2ccc(F)c(Cl)c2)C(C)=O)c1. The van der Waals surface area contributed by atoms with Crippen molar-refractivity contribution in [1.29, 1.82) is 0 Å². The van der Waals surface area contributed by atoms with Crippen molar-refractivity contribution in [3.05, 3.63) is 58.9 Å². The first-order chi connectivity index (χ1) is 12.8. The Kier molecular flexibility index (Phi) is 6.90. The molecular formula is C19H18ClFN2O4. The monoisotopic (exact) mass is 392 g/mol. The van der Waals surface area contributed by atoms with E-state index in [1.54, 1.807) is 18.2 Å². The van der Waals surface area contributed by atoms with Crippen LogP contribution in [0, 0.1) is 5.82 Å². The van der Waals surface area contributed by atoms with Crippen LogP contribution < -0.4 is 10.2 Å². The van der Waals surface area contributed by atoms with Gasteiger partial charge in [0, 0.05) is 31.3 Å². The molecular weight excluding hydrogens is 375 g/mol. The van der Waals surface area contributed by atoms with E-state index in [-0.39, 0.29) is 29.8 Å². The maximum absolute atomic E-state index is 13.2. The van der Waals surface area contributed by atoms with Gasteiger partial charge in [0.15, 0.2) is 0 Å². The van der Waals surface area contributed by atoms with Crippen LogP contribution >= 0.6 is 11.6 Å². The summed E-state index contributed by atoms with van der Waals surface area (Å²) in [5, 5.41) is 2.49. The standard InChI is InChI=1S/C19H18ClFN2O4/c1-12(24)23(15-5-3-4-13(10-15)19(26)27-2)9-8-18(25)22-14-6-7-17(21)16(20)11-14/h3-7,10-11H,8-9H2,1-2H3,(H,22,25). The molecule has 142 valence electrons. The molecule has 2 aromatic carbocycles. The number of halogens is 2. The summed E-state index contributed by atoms with van der Waals surface area (Å²) in [6.45, 7) is 1.46. The lowest BCUT2D eigenvalue weighted by Crippen LogP contribution is -2.32. The van der Waals surface area contributed by atoms with Crippen molar-refractivity contribution in [2.24, 2.45) is 0 Å². The third-order valence-corrected chi connectivity index (χ3v) is 4.01. The van der Waals surface area contributed by atoms with E-state index in [0.717, 1.165) is 6.07 Å². The second kappa shape index (κ2) is 9.14. The van der Waals surface area contributed by atoms with Crippen molar-refractivity contribution in [2.75, 3.05) is 23.9 Å². The number of nitrogens with one attached hydrogen (secondary N) is 1. The molecule has 8 heteroatoms. The molecule has 0 atom stereocenters. The average molecular weight is 393 g/mol. The van der Waals surface area contributed by atoms with Crippen LogP contribution in [0.25, 0.3) is 0 Å². The van der Waals surface area contributed by atoms with Crippen LogP contribution in [0.3, 0.4) is 0 Å². The molecule has 27 heavy (non-hydrogen) atoms. The van der Waals surface area contributed by atoms with E-state index in [2.05, 4.69) is 10.1 Å². The van der Waals surface area contributed by atoms with Gasteiger partial charge in [-0.05, 0) is 36.4 Å². The van der Waals surface area contributed by atoms with Crippen LogP contribution in [0.2, 0.25) is 5.02 Å². The predicted molar refractivity (Wildman–Crippen MR) is 100 cm³/mol. The lowest BCUT2D eigenvalue weighted by Gasteiger charge is -2.21. The third-order valence-electron chi connectivity index (χ3n) is 3.72. The summed E-state index contributed by atoms with van der Waals surface area (Å²) < 4.78 is 17.8. The van der Waals surface area contributed by atoms with Gasteiger partial charge >= 0.3 is 5.97 Å². The molecule has 0 unspecified atom stereocenters. The number of ether oxygens (including phenoxy) is 1. The highest BCUT2D eigenvalue weighted by atomic mass is 35.5. The quantitative estimate of drug-likeness (QED) is 0.761. The Morgan fingerprint density at radius 2 is 1.93 bits per heavy atom. The van der Waals surface area contributed by atoms with Gasteiger partial charge < -0.3 is 15.0 Å². The zero-order chi connectivity index (χ0) is 20.0. The number of carbonyl (C=O) groups excluding carboxylic acids is 3. The number of benzene rings is 2. The number of carbonyl (C=O) groups is 3. The Hall–Kier alpha value is -2.93. The van der Waals surface area contributed by atoms with E-state index < -0.39 is 11.8 Å². The van der Waals surface area contributed by atoms with Crippen molar-refractivity contribution in [3.8, 4) is 0 Å². The van der Waals surface area contributed by atoms with Gasteiger partial charge in [0.2, 0.25) is 11.8 Å². The molecule has 0 bridgehead atoms. The van der Waals surface area contributed by atoms with E-state index in [4.69, 9.17) is 11.6 Å². The van der Waals surface area contributed by atoms with Gasteiger partial charge in [0.05, 0.1) is 17.7 Å². The Morgan fingerprint density at radius 1 is 1.19 bits per heavy atom. The van der Waals surface area contributed by atoms with Crippen LogP contribution in [0.15, 0.2) is 42.5 Å². The molecule has 0 spiro atoms. The molecule has 1 N–H and O–H groups in total. The fourth-order valence-corrected chi connectivity index (χ4v) is 2.58. The van der Waals surface area contributed by atoms with Gasteiger partial charge in [-0.15, -0.1) is 0 Å². The maximum Gasteiger partial charge on any atom is 0.337 e. The maximum atomic E-state index is 13.2. The highest BCUT2D eigenvalue weighted by Gasteiger charge is 2.16. The zero-order valence-corrected chi connectivity index (χ0v) is 15.5. The molecule has 0 aliphatic heterocycles. The van der Waals surface area contributed by atoms with Crippen molar-refractivity contribution < 1.29 is 23.5 Å². The smallest absolute Gasteiger partial charge is 0.337 e. The second-order valence-electron chi connectivity index (χ2n) is 5.64. The minimum Gasteiger partial charge on any atom is -0.465 e. The van der Waals surface area contributed by atoms with Crippen LogP contribution in [-0.2, 0) is 14.3 Å². The van der Waals surface area contributed by atoms with Crippen LogP contribution in [0.1, 0.15) is 23.7 Å². The molecule has 0 aliphatic carbocycles. The van der Waals surface area contributed by atoms with Gasteiger partial charge in [-0.1, -0.05) is 17.7 Å². The average Bonchev–Trinajstić information content (AvgIpc) is 2.64. The molecule has 0 aliphatic rings. The summed E-state index contributed by atoms with van der Waals surface area (Å²) >= 11 is 5.68. The Labute approximate surface area is 160 Å². The number of hydrogen-bond acceptors (Lipinski definition) is 4. The predicted octanol–water partition coefficient (Wildman–Crippen LogP) is 3.65. The van der Waals surface area contributed by atoms with Crippen molar-refractivity contribution >= 4 is 40.8 Å². The Morgan fingerprint density at radius 3 is 2.56 bits per heavy atom. The van der Waals surface area contributed by atoms with Gasteiger partial charge in [-0.2, -0.15) is 0 Å². The van der Waals surface area contributed by atoms with Crippen molar-refractivity contribution in [3.63, 3.8) is 0 Å². The summed E-state index contributed by atoms with van der Waals surface area (Å²) in [4.78, 5) is 37.1. The molecule has 0 radical (unpaired) electrons. The molecule has 0 fully saturated rings. The van der Waals surface area contributed by atoms with Gasteiger partial charge in [-0.3, -0.25) is 9.59 Å². The molecule has 2 amide bonds. The van der Waals surface area contributed by atoms with E-state index in [9.17, 15) is 18.8 Å². The molecule has 2 aromatic rings. The first-order valence-corrected chi connectivity index (χ1v) is 8.41. The number of nitrogens with zero attached hydrogens (tertiary/aromatic N) is 1. The first kappa shape index (κ1) is 20.4. The Balaban J connectivity index is 2.06. The fourth-order valence-electron chi connectivity index (χ4n) is 2.40. The van der Waals surface area contributed by atoms with E-state index >= 15 is 0 Å². The summed E-state index contributed by atoms with van der Waals surface area (Å²) in [7, 11) is 1.27. The number of anilines is 2. The molecule has 0 heterocycles.